The van der Waals surface area contributed by atoms with Gasteiger partial charge in [0.25, 0.3) is 10.0 Å². The summed E-state index contributed by atoms with van der Waals surface area (Å²) in [6.45, 7) is 5.78. The van der Waals surface area contributed by atoms with Crippen LogP contribution in [0.5, 0.6) is 0 Å². The molecule has 5 nitrogen and oxygen atoms in total. The normalized spacial score (nSPS) is 11.7. The second-order valence-corrected chi connectivity index (χ2v) is 9.31. The molecule has 1 unspecified atom stereocenters. The monoisotopic (exact) mass is 446 g/mol. The molecule has 1 amide bonds. The number of benzene rings is 3. The summed E-state index contributed by atoms with van der Waals surface area (Å²) in [6, 6.07) is 20.9. The molecule has 0 saturated heterocycles. The van der Waals surface area contributed by atoms with Gasteiger partial charge in [-0.3, -0.25) is 9.52 Å². The van der Waals surface area contributed by atoms with Gasteiger partial charge < -0.3 is 5.32 Å². The minimum atomic E-state index is -3.67. The highest BCUT2D eigenvalue weighted by atomic mass is 32.2. The van der Waals surface area contributed by atoms with E-state index in [1.807, 2.05) is 51.1 Å². The smallest absolute Gasteiger partial charge is 0.261 e. The first kappa shape index (κ1) is 23.1. The van der Waals surface area contributed by atoms with Crippen molar-refractivity contribution in [2.45, 2.75) is 32.1 Å². The maximum Gasteiger partial charge on any atom is 0.261 e. The van der Waals surface area contributed by atoms with Crippen LogP contribution in [0.1, 0.15) is 37.0 Å². The lowest BCUT2D eigenvalue weighted by atomic mass is 10.1. The Morgan fingerprint density at radius 1 is 0.906 bits per heavy atom. The summed E-state index contributed by atoms with van der Waals surface area (Å²) in [6.07, 6.45) is 0.787. The van der Waals surface area contributed by atoms with Crippen molar-refractivity contribution in [3.05, 3.63) is 89.5 Å². The Hall–Kier alpha value is -3.56. The van der Waals surface area contributed by atoms with Gasteiger partial charge in [-0.15, -0.1) is 0 Å². The van der Waals surface area contributed by atoms with Gasteiger partial charge in [-0.1, -0.05) is 49.5 Å². The molecule has 3 aromatic rings. The zero-order valence-corrected chi connectivity index (χ0v) is 19.2. The van der Waals surface area contributed by atoms with Crippen molar-refractivity contribution in [2.75, 3.05) is 10.0 Å². The molecule has 32 heavy (non-hydrogen) atoms. The van der Waals surface area contributed by atoms with Crippen LogP contribution in [-0.2, 0) is 14.8 Å². The number of rotatable bonds is 6. The predicted octanol–water partition coefficient (Wildman–Crippen LogP) is 5.18. The van der Waals surface area contributed by atoms with Gasteiger partial charge in [0.05, 0.1) is 10.6 Å². The second-order valence-electron chi connectivity index (χ2n) is 7.63. The third kappa shape index (κ3) is 6.22. The Morgan fingerprint density at radius 2 is 1.56 bits per heavy atom. The quantitative estimate of drug-likeness (QED) is 0.512. The van der Waals surface area contributed by atoms with Crippen molar-refractivity contribution >= 4 is 27.3 Å². The first-order valence-electron chi connectivity index (χ1n) is 10.4. The number of carbonyl (C=O) groups is 1. The second kappa shape index (κ2) is 10.2. The summed E-state index contributed by atoms with van der Waals surface area (Å²) in [5.41, 5.74) is 3.64. The maximum atomic E-state index is 12.6. The topological polar surface area (TPSA) is 75.3 Å². The average molecular weight is 447 g/mol. The number of nitrogens with one attached hydrogen (secondary N) is 2. The molecule has 0 saturated carbocycles. The summed E-state index contributed by atoms with van der Waals surface area (Å²) in [5, 5.41) is 2.89. The number of carbonyl (C=O) groups excluding carboxylic acids is 1. The molecular formula is C26H26N2O3S. The lowest BCUT2D eigenvalue weighted by Crippen LogP contribution is -2.19. The molecule has 0 aliphatic carbocycles. The SMILES string of the molecule is CCC(C)C(=O)Nc1ccc(C#Cc2cccc(NS(=O)(=O)c3ccc(C)cc3)c2)cc1. The number of anilines is 2. The van der Waals surface area contributed by atoms with Gasteiger partial charge in [-0.25, -0.2) is 8.42 Å². The molecule has 6 heteroatoms. The summed E-state index contributed by atoms with van der Waals surface area (Å²) in [4.78, 5) is 12.2. The average Bonchev–Trinajstić information content (AvgIpc) is 2.78. The predicted molar refractivity (Wildman–Crippen MR) is 129 cm³/mol. The fraction of sp³-hybridized carbons (Fsp3) is 0.192. The van der Waals surface area contributed by atoms with Crippen LogP contribution in [0.2, 0.25) is 0 Å². The van der Waals surface area contributed by atoms with Crippen LogP contribution in [0.15, 0.2) is 77.7 Å². The third-order valence-electron chi connectivity index (χ3n) is 5.01. The minimum Gasteiger partial charge on any atom is -0.326 e. The molecular weight excluding hydrogens is 420 g/mol. The van der Waals surface area contributed by atoms with Crippen LogP contribution < -0.4 is 10.0 Å². The lowest BCUT2D eigenvalue weighted by Gasteiger charge is -2.09. The van der Waals surface area contributed by atoms with E-state index >= 15 is 0 Å². The molecule has 0 aromatic heterocycles. The van der Waals surface area contributed by atoms with Gasteiger partial charge >= 0.3 is 0 Å². The Balaban J connectivity index is 1.70. The Bertz CT molecular complexity index is 1250. The molecule has 164 valence electrons. The van der Waals surface area contributed by atoms with Crippen molar-refractivity contribution in [3.8, 4) is 11.8 Å². The number of sulfonamides is 1. The maximum absolute atomic E-state index is 12.6. The third-order valence-corrected chi connectivity index (χ3v) is 6.41. The first-order chi connectivity index (χ1) is 15.3. The van der Waals surface area contributed by atoms with Crippen LogP contribution in [0.25, 0.3) is 0 Å². The molecule has 0 bridgehead atoms. The molecule has 0 heterocycles. The van der Waals surface area contributed by atoms with E-state index in [9.17, 15) is 13.2 Å². The molecule has 0 spiro atoms. The summed E-state index contributed by atoms with van der Waals surface area (Å²) >= 11 is 0. The van der Waals surface area contributed by atoms with E-state index in [-0.39, 0.29) is 16.7 Å². The number of aryl methyl sites for hydroxylation is 1. The van der Waals surface area contributed by atoms with Crippen molar-refractivity contribution in [1.29, 1.82) is 0 Å². The van der Waals surface area contributed by atoms with Gasteiger partial charge in [-0.2, -0.15) is 0 Å². The van der Waals surface area contributed by atoms with Crippen LogP contribution in [-0.4, -0.2) is 14.3 Å². The summed E-state index contributed by atoms with van der Waals surface area (Å²) in [7, 11) is -3.67. The molecule has 0 aliphatic heterocycles. The van der Waals surface area contributed by atoms with Gasteiger partial charge in [0.2, 0.25) is 5.91 Å². The molecule has 3 rings (SSSR count). The van der Waals surface area contributed by atoms with Crippen LogP contribution in [0.3, 0.4) is 0 Å². The fourth-order valence-corrected chi connectivity index (χ4v) is 3.87. The number of amides is 1. The molecule has 1 atom stereocenters. The Labute approximate surface area is 189 Å². The molecule has 0 fully saturated rings. The zero-order chi connectivity index (χ0) is 23.1. The van der Waals surface area contributed by atoms with E-state index in [1.54, 1.807) is 42.5 Å². The van der Waals surface area contributed by atoms with Crippen molar-refractivity contribution < 1.29 is 13.2 Å². The fourth-order valence-electron chi connectivity index (χ4n) is 2.82. The number of hydrogen-bond acceptors (Lipinski definition) is 3. The number of hydrogen-bond donors (Lipinski definition) is 2. The van der Waals surface area contributed by atoms with E-state index < -0.39 is 10.0 Å². The standard InChI is InChI=1S/C26H26N2O3S/c1-4-20(3)26(29)27-23-14-12-21(13-15-23)10-11-22-6-5-7-24(18-22)28-32(30,31)25-16-8-19(2)9-17-25/h5-9,12-18,20,28H,4H2,1-3H3,(H,27,29). The van der Waals surface area contributed by atoms with Gasteiger partial charge in [0.15, 0.2) is 0 Å². The molecule has 0 aliphatic rings. The van der Waals surface area contributed by atoms with E-state index in [1.165, 1.54) is 0 Å². The Kier molecular flexibility index (Phi) is 7.34. The Morgan fingerprint density at radius 3 is 2.22 bits per heavy atom. The van der Waals surface area contributed by atoms with Crippen molar-refractivity contribution in [1.82, 2.24) is 0 Å². The summed E-state index contributed by atoms with van der Waals surface area (Å²) in [5.74, 6) is 6.07. The highest BCUT2D eigenvalue weighted by Gasteiger charge is 2.14. The van der Waals surface area contributed by atoms with Gasteiger partial charge in [0, 0.05) is 22.7 Å². The zero-order valence-electron chi connectivity index (χ0n) is 18.3. The largest absolute Gasteiger partial charge is 0.326 e. The molecule has 3 aromatic carbocycles. The van der Waals surface area contributed by atoms with Crippen LogP contribution in [0, 0.1) is 24.7 Å². The highest BCUT2D eigenvalue weighted by Crippen LogP contribution is 2.18. The van der Waals surface area contributed by atoms with E-state index in [0.29, 0.717) is 11.3 Å². The van der Waals surface area contributed by atoms with Crippen LogP contribution >= 0.6 is 0 Å². The van der Waals surface area contributed by atoms with Gasteiger partial charge in [-0.05, 0) is 67.9 Å². The molecule has 2 N–H and O–H groups in total. The van der Waals surface area contributed by atoms with Crippen molar-refractivity contribution in [3.63, 3.8) is 0 Å². The lowest BCUT2D eigenvalue weighted by molar-refractivity contribution is -0.119. The van der Waals surface area contributed by atoms with Crippen LogP contribution in [0.4, 0.5) is 11.4 Å². The highest BCUT2D eigenvalue weighted by molar-refractivity contribution is 7.92. The first-order valence-corrected chi connectivity index (χ1v) is 11.9. The van der Waals surface area contributed by atoms with E-state index in [0.717, 1.165) is 23.2 Å². The summed E-state index contributed by atoms with van der Waals surface area (Å²) < 4.78 is 27.8. The molecule has 0 radical (unpaired) electrons. The van der Waals surface area contributed by atoms with E-state index in [4.69, 9.17) is 0 Å². The minimum absolute atomic E-state index is 0.00348. The van der Waals surface area contributed by atoms with Gasteiger partial charge in [0.1, 0.15) is 0 Å². The van der Waals surface area contributed by atoms with Crippen molar-refractivity contribution in [2.24, 2.45) is 5.92 Å². The van der Waals surface area contributed by atoms with E-state index in [2.05, 4.69) is 21.9 Å².